The van der Waals surface area contributed by atoms with Gasteiger partial charge < -0.3 is 10.6 Å². The molecule has 1 heterocycles. The largest absolute Gasteiger partial charge is 0.354 e. The molecule has 2 rings (SSSR count). The maximum Gasteiger partial charge on any atom is 0.270 e. The van der Waals surface area contributed by atoms with Gasteiger partial charge in [-0.25, -0.2) is 14.4 Å². The highest BCUT2D eigenvalue weighted by molar-refractivity contribution is 5.92. The zero-order valence-corrected chi connectivity index (χ0v) is 13.4. The van der Waals surface area contributed by atoms with Crippen LogP contribution in [0.2, 0.25) is 0 Å². The van der Waals surface area contributed by atoms with Crippen molar-refractivity contribution in [2.45, 2.75) is 26.7 Å². The van der Waals surface area contributed by atoms with Crippen LogP contribution in [0.25, 0.3) is 0 Å². The number of aromatic nitrogens is 2. The summed E-state index contributed by atoms with van der Waals surface area (Å²) in [5.41, 5.74) is 2.11. The van der Waals surface area contributed by atoms with Gasteiger partial charge in [0.05, 0.1) is 0 Å². The van der Waals surface area contributed by atoms with Gasteiger partial charge in [0.15, 0.2) is 0 Å². The third-order valence-corrected chi connectivity index (χ3v) is 3.23. The fourth-order valence-corrected chi connectivity index (χ4v) is 2.06. The summed E-state index contributed by atoms with van der Waals surface area (Å²) in [4.78, 5) is 20.5. The Balaban J connectivity index is 1.95. The zero-order chi connectivity index (χ0) is 16.7. The van der Waals surface area contributed by atoms with Gasteiger partial charge in [0.25, 0.3) is 5.91 Å². The highest BCUT2D eigenvalue weighted by atomic mass is 19.1. The molecule has 6 heteroatoms. The molecule has 0 fully saturated rings. The Bertz CT molecular complexity index is 658. The molecule has 0 spiro atoms. The minimum absolute atomic E-state index is 0.195. The second-order valence-corrected chi connectivity index (χ2v) is 5.28. The molecule has 0 aliphatic rings. The zero-order valence-electron chi connectivity index (χ0n) is 13.4. The number of anilines is 1. The van der Waals surface area contributed by atoms with Crippen molar-refractivity contribution in [3.8, 4) is 0 Å². The summed E-state index contributed by atoms with van der Waals surface area (Å²) < 4.78 is 12.9. The quantitative estimate of drug-likeness (QED) is 0.824. The van der Waals surface area contributed by atoms with Crippen molar-refractivity contribution < 1.29 is 9.18 Å². The van der Waals surface area contributed by atoms with Crippen LogP contribution in [0.3, 0.4) is 0 Å². The number of benzene rings is 1. The molecule has 0 aliphatic carbocycles. The number of hydrogen-bond donors (Lipinski definition) is 2. The van der Waals surface area contributed by atoms with E-state index < -0.39 is 0 Å². The smallest absolute Gasteiger partial charge is 0.270 e. The number of rotatable bonds is 7. The van der Waals surface area contributed by atoms with E-state index in [0.29, 0.717) is 24.7 Å². The molecule has 2 N–H and O–H groups in total. The third-order valence-electron chi connectivity index (χ3n) is 3.23. The minimum atomic E-state index is -0.244. The van der Waals surface area contributed by atoms with Crippen molar-refractivity contribution in [2.24, 2.45) is 0 Å². The number of amides is 1. The molecule has 0 saturated carbocycles. The fraction of sp³-hybridized carbons (Fsp3) is 0.353. The van der Waals surface area contributed by atoms with E-state index in [-0.39, 0.29) is 11.7 Å². The Morgan fingerprint density at radius 1 is 1.17 bits per heavy atom. The molecule has 5 nitrogen and oxygen atoms in total. The number of carbonyl (C=O) groups excluding carboxylic acids is 1. The molecule has 0 atom stereocenters. The first-order chi connectivity index (χ1) is 11.1. The predicted octanol–water partition coefficient (Wildman–Crippen LogP) is 2.72. The molecule has 122 valence electrons. The van der Waals surface area contributed by atoms with Gasteiger partial charge in [-0.2, -0.15) is 0 Å². The third kappa shape index (κ3) is 5.32. The van der Waals surface area contributed by atoms with Gasteiger partial charge in [-0.05, 0) is 43.5 Å². The Morgan fingerprint density at radius 3 is 2.61 bits per heavy atom. The van der Waals surface area contributed by atoms with Crippen molar-refractivity contribution in [3.05, 3.63) is 53.1 Å². The first kappa shape index (κ1) is 16.9. The van der Waals surface area contributed by atoms with Gasteiger partial charge in [0.1, 0.15) is 11.5 Å². The molecule has 0 bridgehead atoms. The van der Waals surface area contributed by atoms with Crippen LogP contribution in [0, 0.1) is 12.7 Å². The monoisotopic (exact) mass is 316 g/mol. The van der Waals surface area contributed by atoms with E-state index in [1.807, 2.05) is 13.8 Å². The van der Waals surface area contributed by atoms with Crippen LogP contribution in [-0.4, -0.2) is 29.0 Å². The van der Waals surface area contributed by atoms with Gasteiger partial charge in [-0.3, -0.25) is 4.79 Å². The molecule has 1 aromatic heterocycles. The van der Waals surface area contributed by atoms with Gasteiger partial charge >= 0.3 is 0 Å². The van der Waals surface area contributed by atoms with Crippen molar-refractivity contribution >= 4 is 11.9 Å². The Hall–Kier alpha value is -2.50. The second-order valence-electron chi connectivity index (χ2n) is 5.28. The summed E-state index contributed by atoms with van der Waals surface area (Å²) in [5.74, 6) is -0.0147. The average Bonchev–Trinajstić information content (AvgIpc) is 2.54. The molecular formula is C17H21FN4O. The van der Waals surface area contributed by atoms with Crippen LogP contribution in [-0.2, 0) is 6.42 Å². The Kier molecular flexibility index (Phi) is 6.02. The number of nitrogens with one attached hydrogen (secondary N) is 2. The summed E-state index contributed by atoms with van der Waals surface area (Å²) in [6, 6.07) is 8.04. The topological polar surface area (TPSA) is 66.9 Å². The van der Waals surface area contributed by atoms with Gasteiger partial charge in [0, 0.05) is 18.8 Å². The average molecular weight is 316 g/mol. The summed E-state index contributed by atoms with van der Waals surface area (Å²) in [5, 5.41) is 5.90. The number of aryl methyl sites for hydroxylation is 1. The van der Waals surface area contributed by atoms with Crippen molar-refractivity contribution in [1.82, 2.24) is 15.3 Å². The summed E-state index contributed by atoms with van der Waals surface area (Å²) >= 11 is 0. The van der Waals surface area contributed by atoms with E-state index in [9.17, 15) is 9.18 Å². The molecule has 0 saturated heterocycles. The lowest BCUT2D eigenvalue weighted by Crippen LogP contribution is -2.25. The van der Waals surface area contributed by atoms with Crippen molar-refractivity contribution in [2.75, 3.05) is 18.4 Å². The molecule has 1 aromatic carbocycles. The molecule has 1 amide bonds. The highest BCUT2D eigenvalue weighted by Crippen LogP contribution is 2.07. The van der Waals surface area contributed by atoms with Crippen LogP contribution < -0.4 is 10.6 Å². The molecule has 2 aromatic rings. The van der Waals surface area contributed by atoms with Crippen molar-refractivity contribution in [3.63, 3.8) is 0 Å². The SMILES string of the molecule is CCCNC(=O)c1cc(C)nc(NCCc2ccc(F)cc2)n1. The van der Waals surface area contributed by atoms with E-state index in [1.165, 1.54) is 12.1 Å². The van der Waals surface area contributed by atoms with Gasteiger partial charge in [0.2, 0.25) is 5.95 Å². The number of carbonyl (C=O) groups is 1. The van der Waals surface area contributed by atoms with Crippen LogP contribution in [0.15, 0.2) is 30.3 Å². The van der Waals surface area contributed by atoms with Crippen LogP contribution in [0.1, 0.15) is 35.1 Å². The van der Waals surface area contributed by atoms with Gasteiger partial charge in [-0.15, -0.1) is 0 Å². The number of nitrogens with zero attached hydrogens (tertiary/aromatic N) is 2. The fourth-order valence-electron chi connectivity index (χ4n) is 2.06. The molecule has 0 aliphatic heterocycles. The maximum absolute atomic E-state index is 12.9. The van der Waals surface area contributed by atoms with E-state index in [4.69, 9.17) is 0 Å². The van der Waals surface area contributed by atoms with Gasteiger partial charge in [-0.1, -0.05) is 19.1 Å². The molecular weight excluding hydrogens is 295 g/mol. The summed E-state index contributed by atoms with van der Waals surface area (Å²) in [6.45, 7) is 5.04. The second kappa shape index (κ2) is 8.22. The van der Waals surface area contributed by atoms with Crippen LogP contribution in [0.5, 0.6) is 0 Å². The number of hydrogen-bond acceptors (Lipinski definition) is 4. The van der Waals surface area contributed by atoms with Crippen LogP contribution in [0.4, 0.5) is 10.3 Å². The Morgan fingerprint density at radius 2 is 1.91 bits per heavy atom. The van der Waals surface area contributed by atoms with Crippen molar-refractivity contribution in [1.29, 1.82) is 0 Å². The lowest BCUT2D eigenvalue weighted by Gasteiger charge is -2.08. The molecule has 0 radical (unpaired) electrons. The maximum atomic E-state index is 12.9. The predicted molar refractivity (Wildman–Crippen MR) is 88.0 cm³/mol. The van der Waals surface area contributed by atoms with E-state index in [0.717, 1.165) is 24.1 Å². The molecule has 23 heavy (non-hydrogen) atoms. The first-order valence-corrected chi connectivity index (χ1v) is 7.70. The minimum Gasteiger partial charge on any atom is -0.354 e. The van der Waals surface area contributed by atoms with E-state index in [1.54, 1.807) is 18.2 Å². The highest BCUT2D eigenvalue weighted by Gasteiger charge is 2.09. The number of halogens is 1. The lowest BCUT2D eigenvalue weighted by atomic mass is 10.1. The standard InChI is InChI=1S/C17H21FN4O/c1-3-9-19-16(23)15-11-12(2)21-17(22-15)20-10-8-13-4-6-14(18)7-5-13/h4-7,11H,3,8-10H2,1-2H3,(H,19,23)(H,20,21,22). The lowest BCUT2D eigenvalue weighted by molar-refractivity contribution is 0.0948. The summed E-state index contributed by atoms with van der Waals surface area (Å²) in [7, 11) is 0. The first-order valence-electron chi connectivity index (χ1n) is 7.70. The normalized spacial score (nSPS) is 10.4. The van der Waals surface area contributed by atoms with Crippen LogP contribution >= 0.6 is 0 Å². The summed E-state index contributed by atoms with van der Waals surface area (Å²) in [6.07, 6.45) is 1.59. The van der Waals surface area contributed by atoms with E-state index >= 15 is 0 Å². The Labute approximate surface area is 135 Å². The molecule has 0 unspecified atom stereocenters. The van der Waals surface area contributed by atoms with E-state index in [2.05, 4.69) is 20.6 Å².